The summed E-state index contributed by atoms with van der Waals surface area (Å²) >= 11 is 3.29. The van der Waals surface area contributed by atoms with E-state index in [1.54, 1.807) is 36.4 Å². The first kappa shape index (κ1) is 14.1. The summed E-state index contributed by atoms with van der Waals surface area (Å²) in [6.45, 7) is 0. The van der Waals surface area contributed by atoms with Crippen molar-refractivity contribution in [3.05, 3.63) is 58.1 Å². The van der Waals surface area contributed by atoms with Crippen LogP contribution in [0.25, 0.3) is 0 Å². The fourth-order valence-electron chi connectivity index (χ4n) is 1.49. The predicted octanol–water partition coefficient (Wildman–Crippen LogP) is 2.50. The highest BCUT2D eigenvalue weighted by Gasteiger charge is 2.03. The van der Waals surface area contributed by atoms with Gasteiger partial charge in [-0.05, 0) is 42.5 Å². The van der Waals surface area contributed by atoms with Gasteiger partial charge in [0.15, 0.2) is 0 Å². The minimum atomic E-state index is -0.351. The first-order valence-electron chi connectivity index (χ1n) is 5.74. The number of anilines is 1. The molecule has 2 aromatic rings. The van der Waals surface area contributed by atoms with Crippen molar-refractivity contribution in [2.45, 2.75) is 0 Å². The molecule has 5 nitrogen and oxygen atoms in total. The lowest BCUT2D eigenvalue weighted by molar-refractivity contribution is 0.0955. The Morgan fingerprint density at radius 3 is 2.65 bits per heavy atom. The molecule has 102 valence electrons. The second-order valence-electron chi connectivity index (χ2n) is 4.02. The highest BCUT2D eigenvalue weighted by Crippen LogP contribution is 2.19. The molecule has 0 saturated heterocycles. The molecule has 20 heavy (non-hydrogen) atoms. The Kier molecular flexibility index (Phi) is 4.37. The molecule has 0 atom stereocenters. The molecule has 0 heterocycles. The number of rotatable bonds is 3. The normalized spacial score (nSPS) is 10.7. The zero-order valence-corrected chi connectivity index (χ0v) is 12.0. The smallest absolute Gasteiger partial charge is 0.271 e. The summed E-state index contributed by atoms with van der Waals surface area (Å²) in [5.41, 5.74) is 9.45. The third kappa shape index (κ3) is 3.58. The maximum Gasteiger partial charge on any atom is 0.271 e. The second-order valence-corrected chi connectivity index (χ2v) is 4.94. The van der Waals surface area contributed by atoms with E-state index in [1.165, 1.54) is 12.3 Å². The van der Waals surface area contributed by atoms with E-state index < -0.39 is 0 Å². The van der Waals surface area contributed by atoms with Crippen molar-refractivity contribution in [3.63, 3.8) is 0 Å². The number of hydrogen-bond acceptors (Lipinski definition) is 4. The van der Waals surface area contributed by atoms with Gasteiger partial charge in [-0.25, -0.2) is 5.43 Å². The van der Waals surface area contributed by atoms with Crippen LogP contribution in [-0.4, -0.2) is 17.2 Å². The van der Waals surface area contributed by atoms with E-state index in [2.05, 4.69) is 26.5 Å². The van der Waals surface area contributed by atoms with Gasteiger partial charge in [-0.3, -0.25) is 4.79 Å². The van der Waals surface area contributed by atoms with Crippen molar-refractivity contribution in [2.24, 2.45) is 5.10 Å². The Hall–Kier alpha value is -2.34. The van der Waals surface area contributed by atoms with Crippen molar-refractivity contribution in [3.8, 4) is 5.75 Å². The number of halogens is 1. The maximum atomic E-state index is 11.8. The number of nitrogens with two attached hydrogens (primary N) is 1. The van der Waals surface area contributed by atoms with Crippen LogP contribution in [0.1, 0.15) is 15.9 Å². The fraction of sp³-hybridized carbons (Fsp3) is 0. The average Bonchev–Trinajstić information content (AvgIpc) is 2.43. The van der Waals surface area contributed by atoms with Gasteiger partial charge < -0.3 is 10.8 Å². The Bertz CT molecular complexity index is 654. The Balaban J connectivity index is 2.04. The molecule has 2 aromatic carbocycles. The van der Waals surface area contributed by atoms with Gasteiger partial charge in [-0.15, -0.1) is 0 Å². The summed E-state index contributed by atoms with van der Waals surface area (Å²) in [7, 11) is 0. The standard InChI is InChI=1S/C14H12BrN3O2/c15-11-3-6-13(19)10(7-11)8-17-18-14(20)9-1-4-12(16)5-2-9/h1-8,19H,16H2,(H,18,20)/b17-8-. The molecule has 0 aliphatic carbocycles. The highest BCUT2D eigenvalue weighted by atomic mass is 79.9. The maximum absolute atomic E-state index is 11.8. The minimum Gasteiger partial charge on any atom is -0.507 e. The third-order valence-corrected chi connectivity index (χ3v) is 3.03. The molecule has 0 fully saturated rings. The predicted molar refractivity (Wildman–Crippen MR) is 81.7 cm³/mol. The first-order valence-corrected chi connectivity index (χ1v) is 6.53. The summed E-state index contributed by atoms with van der Waals surface area (Å²) in [6, 6.07) is 11.4. The van der Waals surface area contributed by atoms with Crippen molar-refractivity contribution in [1.82, 2.24) is 5.43 Å². The van der Waals surface area contributed by atoms with Crippen LogP contribution in [0.4, 0.5) is 5.69 Å². The lowest BCUT2D eigenvalue weighted by Gasteiger charge is -2.01. The van der Waals surface area contributed by atoms with Crippen LogP contribution >= 0.6 is 15.9 Å². The van der Waals surface area contributed by atoms with Gasteiger partial charge in [0.2, 0.25) is 0 Å². The number of nitrogens with zero attached hydrogens (tertiary/aromatic N) is 1. The Labute approximate surface area is 124 Å². The topological polar surface area (TPSA) is 87.7 Å². The lowest BCUT2D eigenvalue weighted by Crippen LogP contribution is -2.17. The van der Waals surface area contributed by atoms with E-state index in [4.69, 9.17) is 5.73 Å². The summed E-state index contributed by atoms with van der Waals surface area (Å²) in [5.74, 6) is -0.269. The van der Waals surface area contributed by atoms with Crippen LogP contribution in [0.3, 0.4) is 0 Å². The molecular weight excluding hydrogens is 322 g/mol. The SMILES string of the molecule is Nc1ccc(C(=O)N/N=C\c2cc(Br)ccc2O)cc1. The van der Waals surface area contributed by atoms with Crippen LogP contribution < -0.4 is 11.2 Å². The quantitative estimate of drug-likeness (QED) is 0.458. The molecule has 4 N–H and O–H groups in total. The van der Waals surface area contributed by atoms with Crippen LogP contribution in [0.15, 0.2) is 52.0 Å². The number of hydrogen-bond donors (Lipinski definition) is 3. The van der Waals surface area contributed by atoms with Crippen molar-refractivity contribution in [2.75, 3.05) is 5.73 Å². The molecule has 0 unspecified atom stereocenters. The average molecular weight is 334 g/mol. The minimum absolute atomic E-state index is 0.0821. The number of amides is 1. The molecule has 6 heteroatoms. The van der Waals surface area contributed by atoms with Gasteiger partial charge in [-0.1, -0.05) is 15.9 Å². The van der Waals surface area contributed by atoms with Gasteiger partial charge in [-0.2, -0.15) is 5.10 Å². The number of phenolic OH excluding ortho intramolecular Hbond substituents is 1. The van der Waals surface area contributed by atoms with E-state index in [9.17, 15) is 9.90 Å². The summed E-state index contributed by atoms with van der Waals surface area (Å²) in [5, 5.41) is 13.4. The number of benzene rings is 2. The number of nitrogen functional groups attached to an aromatic ring is 1. The van der Waals surface area contributed by atoms with Crippen LogP contribution in [0.2, 0.25) is 0 Å². The molecule has 1 amide bonds. The molecule has 0 aliphatic rings. The molecule has 0 saturated carbocycles. The number of carbonyl (C=O) groups is 1. The lowest BCUT2D eigenvalue weighted by atomic mass is 10.2. The first-order chi connectivity index (χ1) is 9.56. The van der Waals surface area contributed by atoms with Crippen molar-refractivity contribution < 1.29 is 9.90 Å². The van der Waals surface area contributed by atoms with E-state index in [0.29, 0.717) is 16.8 Å². The molecule has 0 bridgehead atoms. The monoisotopic (exact) mass is 333 g/mol. The van der Waals surface area contributed by atoms with Gasteiger partial charge >= 0.3 is 0 Å². The molecular formula is C14H12BrN3O2. The zero-order chi connectivity index (χ0) is 14.5. The molecule has 0 radical (unpaired) electrons. The summed E-state index contributed by atoms with van der Waals surface area (Å²) in [4.78, 5) is 11.8. The second kappa shape index (κ2) is 6.21. The summed E-state index contributed by atoms with van der Waals surface area (Å²) < 4.78 is 0.807. The van der Waals surface area contributed by atoms with Crippen LogP contribution in [-0.2, 0) is 0 Å². The highest BCUT2D eigenvalue weighted by molar-refractivity contribution is 9.10. The van der Waals surface area contributed by atoms with Crippen molar-refractivity contribution in [1.29, 1.82) is 0 Å². The van der Waals surface area contributed by atoms with Crippen LogP contribution in [0.5, 0.6) is 5.75 Å². The summed E-state index contributed by atoms with van der Waals surface area (Å²) in [6.07, 6.45) is 1.37. The van der Waals surface area contributed by atoms with Gasteiger partial charge in [0.1, 0.15) is 5.75 Å². The Morgan fingerprint density at radius 1 is 1.25 bits per heavy atom. The number of phenols is 1. The van der Waals surface area contributed by atoms with E-state index >= 15 is 0 Å². The molecule has 2 rings (SSSR count). The van der Waals surface area contributed by atoms with Gasteiger partial charge in [0.25, 0.3) is 5.91 Å². The fourth-order valence-corrected chi connectivity index (χ4v) is 1.87. The van der Waals surface area contributed by atoms with E-state index in [-0.39, 0.29) is 11.7 Å². The number of aromatic hydroxyl groups is 1. The third-order valence-electron chi connectivity index (χ3n) is 2.53. The number of hydrazone groups is 1. The molecule has 0 spiro atoms. The molecule has 0 aromatic heterocycles. The van der Waals surface area contributed by atoms with E-state index in [0.717, 1.165) is 4.47 Å². The van der Waals surface area contributed by atoms with E-state index in [1.807, 2.05) is 0 Å². The number of nitrogens with one attached hydrogen (secondary N) is 1. The van der Waals surface area contributed by atoms with Crippen molar-refractivity contribution >= 4 is 33.7 Å². The largest absolute Gasteiger partial charge is 0.507 e. The zero-order valence-electron chi connectivity index (χ0n) is 10.4. The van der Waals surface area contributed by atoms with Gasteiger partial charge in [0.05, 0.1) is 6.21 Å². The van der Waals surface area contributed by atoms with Crippen LogP contribution in [0, 0.1) is 0 Å². The molecule has 0 aliphatic heterocycles. The number of carbonyl (C=O) groups excluding carboxylic acids is 1. The van der Waals surface area contributed by atoms with Gasteiger partial charge in [0, 0.05) is 21.3 Å². The Morgan fingerprint density at radius 2 is 1.95 bits per heavy atom.